The molecular weight excluding hydrogens is 430 g/mol. The molecule has 0 fully saturated rings. The summed E-state index contributed by atoms with van der Waals surface area (Å²) in [4.78, 5) is 30.4. The van der Waals surface area contributed by atoms with E-state index in [1.165, 1.54) is 13.2 Å². The van der Waals surface area contributed by atoms with E-state index in [2.05, 4.69) is 16.0 Å². The lowest BCUT2D eigenvalue weighted by Crippen LogP contribution is -2.41. The van der Waals surface area contributed by atoms with Crippen molar-refractivity contribution in [3.8, 4) is 17.0 Å². The molecule has 8 nitrogen and oxygen atoms in total. The maximum Gasteiger partial charge on any atom is 0.273 e. The standard InChI is InChI=1S/C23H20ClN5O3/c1-3-29-21-18(13-25-29)16(12-19(26-21)14-7-5-4-6-8-14)22(30)27-28-23(31)17-11-15(24)9-10-20(17)32-2/h4-13H,3H2,1-2H3,(H,27,30)(H,28,31). The van der Waals surface area contributed by atoms with Crippen molar-refractivity contribution >= 4 is 34.4 Å². The molecule has 9 heteroatoms. The van der Waals surface area contributed by atoms with E-state index in [9.17, 15) is 9.59 Å². The summed E-state index contributed by atoms with van der Waals surface area (Å²) in [5, 5.41) is 5.28. The molecule has 4 aromatic rings. The molecule has 0 aliphatic rings. The van der Waals surface area contributed by atoms with Crippen molar-refractivity contribution in [2.75, 3.05) is 7.11 Å². The fourth-order valence-electron chi connectivity index (χ4n) is 3.33. The van der Waals surface area contributed by atoms with E-state index < -0.39 is 11.8 Å². The van der Waals surface area contributed by atoms with Gasteiger partial charge in [-0.3, -0.25) is 20.4 Å². The van der Waals surface area contributed by atoms with E-state index in [0.29, 0.717) is 39.6 Å². The van der Waals surface area contributed by atoms with Crippen molar-refractivity contribution in [3.63, 3.8) is 0 Å². The zero-order valence-electron chi connectivity index (χ0n) is 17.4. The van der Waals surface area contributed by atoms with Gasteiger partial charge in [0.05, 0.1) is 35.5 Å². The van der Waals surface area contributed by atoms with Gasteiger partial charge in [-0.05, 0) is 31.2 Å². The van der Waals surface area contributed by atoms with Crippen molar-refractivity contribution in [1.82, 2.24) is 25.6 Å². The lowest BCUT2D eigenvalue weighted by molar-refractivity contribution is 0.0846. The normalized spacial score (nSPS) is 10.7. The van der Waals surface area contributed by atoms with Crippen molar-refractivity contribution < 1.29 is 14.3 Å². The molecule has 0 saturated carbocycles. The Bertz CT molecular complexity index is 1300. The topological polar surface area (TPSA) is 98.1 Å². The molecule has 0 aliphatic heterocycles. The van der Waals surface area contributed by atoms with Gasteiger partial charge < -0.3 is 4.74 Å². The van der Waals surface area contributed by atoms with Crippen LogP contribution in [-0.2, 0) is 6.54 Å². The highest BCUT2D eigenvalue weighted by molar-refractivity contribution is 6.31. The Morgan fingerprint density at radius 2 is 1.75 bits per heavy atom. The molecule has 162 valence electrons. The number of ether oxygens (including phenoxy) is 1. The lowest BCUT2D eigenvalue weighted by Gasteiger charge is -2.12. The molecule has 2 N–H and O–H groups in total. The summed E-state index contributed by atoms with van der Waals surface area (Å²) in [6, 6.07) is 15.9. The van der Waals surface area contributed by atoms with Crippen LogP contribution in [0.25, 0.3) is 22.3 Å². The van der Waals surface area contributed by atoms with Crippen molar-refractivity contribution in [1.29, 1.82) is 0 Å². The predicted octanol–water partition coefficient (Wildman–Crippen LogP) is 3.86. The van der Waals surface area contributed by atoms with Crippen LogP contribution in [0.2, 0.25) is 5.02 Å². The number of benzene rings is 2. The van der Waals surface area contributed by atoms with Gasteiger partial charge in [-0.2, -0.15) is 5.10 Å². The van der Waals surface area contributed by atoms with Gasteiger partial charge in [-0.25, -0.2) is 9.67 Å². The van der Waals surface area contributed by atoms with Crippen LogP contribution >= 0.6 is 11.6 Å². The van der Waals surface area contributed by atoms with Crippen molar-refractivity contribution in [3.05, 3.63) is 76.9 Å². The van der Waals surface area contributed by atoms with E-state index in [0.717, 1.165) is 5.56 Å². The maximum atomic E-state index is 13.0. The average Bonchev–Trinajstić information content (AvgIpc) is 3.25. The molecule has 0 bridgehead atoms. The van der Waals surface area contributed by atoms with Crippen LogP contribution in [-0.4, -0.2) is 33.7 Å². The number of pyridine rings is 1. The number of aryl methyl sites for hydroxylation is 1. The molecule has 2 amide bonds. The van der Waals surface area contributed by atoms with Crippen LogP contribution in [0.3, 0.4) is 0 Å². The van der Waals surface area contributed by atoms with Gasteiger partial charge in [0.15, 0.2) is 5.65 Å². The maximum absolute atomic E-state index is 13.0. The minimum atomic E-state index is -0.560. The number of carbonyl (C=O) groups is 2. The third-order valence-corrected chi connectivity index (χ3v) is 5.15. The third-order valence-electron chi connectivity index (χ3n) is 4.92. The number of fused-ring (bicyclic) bond motifs is 1. The Hall–Kier alpha value is -3.91. The minimum Gasteiger partial charge on any atom is -0.496 e. The number of aromatic nitrogens is 3. The van der Waals surface area contributed by atoms with E-state index in [4.69, 9.17) is 21.3 Å². The molecule has 4 rings (SSSR count). The molecule has 0 atom stereocenters. The summed E-state index contributed by atoms with van der Waals surface area (Å²) in [5.74, 6) is -0.724. The van der Waals surface area contributed by atoms with Crippen molar-refractivity contribution in [2.24, 2.45) is 0 Å². The van der Waals surface area contributed by atoms with Crippen molar-refractivity contribution in [2.45, 2.75) is 13.5 Å². The molecule has 32 heavy (non-hydrogen) atoms. The fraction of sp³-hybridized carbons (Fsp3) is 0.130. The molecule has 0 unspecified atom stereocenters. The minimum absolute atomic E-state index is 0.198. The zero-order valence-corrected chi connectivity index (χ0v) is 18.2. The summed E-state index contributed by atoms with van der Waals surface area (Å²) in [7, 11) is 1.45. The average molecular weight is 450 g/mol. The van der Waals surface area contributed by atoms with Crippen LogP contribution in [0.1, 0.15) is 27.6 Å². The van der Waals surface area contributed by atoms with E-state index in [1.807, 2.05) is 37.3 Å². The van der Waals surface area contributed by atoms with Gasteiger partial charge in [0.2, 0.25) is 0 Å². The van der Waals surface area contributed by atoms with Gasteiger partial charge in [0.25, 0.3) is 11.8 Å². The lowest BCUT2D eigenvalue weighted by atomic mass is 10.1. The molecule has 2 aromatic carbocycles. The second kappa shape index (κ2) is 9.07. The van der Waals surface area contributed by atoms with E-state index in [-0.39, 0.29) is 5.56 Å². The van der Waals surface area contributed by atoms with E-state index in [1.54, 1.807) is 29.1 Å². The number of carbonyl (C=O) groups excluding carboxylic acids is 2. The molecule has 2 heterocycles. The number of hydrogen-bond acceptors (Lipinski definition) is 5. The Morgan fingerprint density at radius 3 is 2.44 bits per heavy atom. The first-order valence-electron chi connectivity index (χ1n) is 9.88. The second-order valence-electron chi connectivity index (χ2n) is 6.87. The van der Waals surface area contributed by atoms with Crippen LogP contribution in [0.15, 0.2) is 60.8 Å². The molecule has 2 aromatic heterocycles. The Kier molecular flexibility index (Phi) is 6.04. The van der Waals surface area contributed by atoms with Crippen LogP contribution < -0.4 is 15.6 Å². The summed E-state index contributed by atoms with van der Waals surface area (Å²) in [6.45, 7) is 2.54. The van der Waals surface area contributed by atoms with Gasteiger partial charge in [0, 0.05) is 17.1 Å². The summed E-state index contributed by atoms with van der Waals surface area (Å²) < 4.78 is 6.92. The quantitative estimate of drug-likeness (QED) is 0.451. The highest BCUT2D eigenvalue weighted by Crippen LogP contribution is 2.25. The van der Waals surface area contributed by atoms with Gasteiger partial charge in [-0.1, -0.05) is 41.9 Å². The smallest absolute Gasteiger partial charge is 0.273 e. The first kappa shape index (κ1) is 21.3. The number of halogens is 1. The monoisotopic (exact) mass is 449 g/mol. The number of methoxy groups -OCH3 is 1. The fourth-order valence-corrected chi connectivity index (χ4v) is 3.50. The van der Waals surface area contributed by atoms with Crippen LogP contribution in [0, 0.1) is 0 Å². The largest absolute Gasteiger partial charge is 0.496 e. The first-order valence-corrected chi connectivity index (χ1v) is 10.3. The summed E-state index contributed by atoms with van der Waals surface area (Å²) in [5.41, 5.74) is 7.49. The van der Waals surface area contributed by atoms with E-state index >= 15 is 0 Å². The number of amides is 2. The van der Waals surface area contributed by atoms with Crippen LogP contribution in [0.5, 0.6) is 5.75 Å². The summed E-state index contributed by atoms with van der Waals surface area (Å²) in [6.07, 6.45) is 1.59. The highest BCUT2D eigenvalue weighted by Gasteiger charge is 2.19. The van der Waals surface area contributed by atoms with Gasteiger partial charge >= 0.3 is 0 Å². The molecule has 0 spiro atoms. The second-order valence-corrected chi connectivity index (χ2v) is 7.31. The number of hydrazine groups is 1. The third kappa shape index (κ3) is 4.13. The number of nitrogens with zero attached hydrogens (tertiary/aromatic N) is 3. The van der Waals surface area contributed by atoms with Gasteiger partial charge in [0.1, 0.15) is 5.75 Å². The number of nitrogens with one attached hydrogen (secondary N) is 2. The molecular formula is C23H20ClN5O3. The molecule has 0 radical (unpaired) electrons. The Balaban J connectivity index is 1.66. The first-order chi connectivity index (χ1) is 15.5. The molecule has 0 saturated heterocycles. The molecule has 0 aliphatic carbocycles. The SMILES string of the molecule is CCn1ncc2c(C(=O)NNC(=O)c3cc(Cl)ccc3OC)cc(-c3ccccc3)nc21. The summed E-state index contributed by atoms with van der Waals surface area (Å²) >= 11 is 5.99. The zero-order chi connectivity index (χ0) is 22.7. The number of hydrogen-bond donors (Lipinski definition) is 2. The Morgan fingerprint density at radius 1 is 1.03 bits per heavy atom. The predicted molar refractivity (Wildman–Crippen MR) is 122 cm³/mol. The van der Waals surface area contributed by atoms with Gasteiger partial charge in [-0.15, -0.1) is 0 Å². The highest BCUT2D eigenvalue weighted by atomic mass is 35.5. The van der Waals surface area contributed by atoms with Crippen LogP contribution in [0.4, 0.5) is 0 Å². The Labute approximate surface area is 189 Å². The number of rotatable bonds is 5.